The molecule has 3 aromatic carbocycles. The number of para-hydroxylation sites is 1. The Morgan fingerprint density at radius 2 is 1.75 bits per heavy atom. The molecule has 3 aromatic rings. The molecule has 0 atom stereocenters. The Morgan fingerprint density at radius 1 is 1.00 bits per heavy atom. The third-order valence-electron chi connectivity index (χ3n) is 3.56. The molecular weight excluding hydrogens is 394 g/mol. The van der Waals surface area contributed by atoms with Gasteiger partial charge in [-0.2, -0.15) is 5.10 Å². The van der Waals surface area contributed by atoms with Crippen molar-refractivity contribution in [2.75, 3.05) is 5.32 Å². The molecule has 140 valence electrons. The second-order valence-electron chi connectivity index (χ2n) is 5.66. The van der Waals surface area contributed by atoms with Gasteiger partial charge in [0.15, 0.2) is 5.11 Å². The first kappa shape index (κ1) is 19.5. The van der Waals surface area contributed by atoms with Crippen LogP contribution in [0.5, 0.6) is 5.75 Å². The fourth-order valence-corrected chi connectivity index (χ4v) is 2.55. The SMILES string of the molecule is O=C(Oc1cccc(C=NNC(=S)Nc2ccccc2)c1)c1ccc(Cl)cc1. The minimum absolute atomic E-state index is 0.368. The third-order valence-corrected chi connectivity index (χ3v) is 4.01. The van der Waals surface area contributed by atoms with Gasteiger partial charge in [0.25, 0.3) is 0 Å². The Labute approximate surface area is 173 Å². The predicted octanol–water partition coefficient (Wildman–Crippen LogP) is 4.88. The summed E-state index contributed by atoms with van der Waals surface area (Å²) in [6, 6.07) is 23.0. The van der Waals surface area contributed by atoms with E-state index in [9.17, 15) is 4.79 Å². The number of hydrogen-bond donors (Lipinski definition) is 2. The summed E-state index contributed by atoms with van der Waals surface area (Å²) in [7, 11) is 0. The van der Waals surface area contributed by atoms with Gasteiger partial charge in [0.2, 0.25) is 0 Å². The van der Waals surface area contributed by atoms with Gasteiger partial charge < -0.3 is 10.1 Å². The number of esters is 1. The summed E-state index contributed by atoms with van der Waals surface area (Å²) >= 11 is 11.0. The molecule has 0 saturated heterocycles. The van der Waals surface area contributed by atoms with Crippen molar-refractivity contribution in [1.29, 1.82) is 0 Å². The van der Waals surface area contributed by atoms with Crippen LogP contribution in [0.2, 0.25) is 5.02 Å². The lowest BCUT2D eigenvalue weighted by Gasteiger charge is -2.07. The molecule has 0 fully saturated rings. The number of nitrogens with zero attached hydrogens (tertiary/aromatic N) is 1. The number of carbonyl (C=O) groups is 1. The molecule has 0 spiro atoms. The van der Waals surface area contributed by atoms with Crippen LogP contribution in [0.15, 0.2) is 84.0 Å². The fourth-order valence-electron chi connectivity index (χ4n) is 2.26. The van der Waals surface area contributed by atoms with Crippen LogP contribution in [-0.2, 0) is 0 Å². The average molecular weight is 410 g/mol. The molecule has 0 saturated carbocycles. The van der Waals surface area contributed by atoms with Crippen LogP contribution in [0.25, 0.3) is 0 Å². The van der Waals surface area contributed by atoms with Crippen LogP contribution < -0.4 is 15.5 Å². The summed E-state index contributed by atoms with van der Waals surface area (Å²) in [5, 5.41) is 8.03. The first-order chi connectivity index (χ1) is 13.6. The Hall–Kier alpha value is -3.22. The first-order valence-corrected chi connectivity index (χ1v) is 9.12. The molecule has 0 heterocycles. The van der Waals surface area contributed by atoms with Crippen molar-refractivity contribution in [1.82, 2.24) is 5.43 Å². The zero-order valence-corrected chi connectivity index (χ0v) is 16.2. The summed E-state index contributed by atoms with van der Waals surface area (Å²) < 4.78 is 5.39. The van der Waals surface area contributed by atoms with Gasteiger partial charge in [-0.15, -0.1) is 0 Å². The molecule has 0 aliphatic heterocycles. The Kier molecular flexibility index (Phi) is 6.73. The maximum absolute atomic E-state index is 12.2. The molecule has 3 rings (SSSR count). The van der Waals surface area contributed by atoms with E-state index < -0.39 is 5.97 Å². The van der Waals surface area contributed by atoms with Gasteiger partial charge in [-0.05, 0) is 66.3 Å². The van der Waals surface area contributed by atoms with Gasteiger partial charge in [-0.1, -0.05) is 41.9 Å². The van der Waals surface area contributed by atoms with Crippen LogP contribution in [-0.4, -0.2) is 17.3 Å². The van der Waals surface area contributed by atoms with Crippen molar-refractivity contribution < 1.29 is 9.53 Å². The Bertz CT molecular complexity index is 992. The highest BCUT2D eigenvalue weighted by atomic mass is 35.5. The number of anilines is 1. The summed E-state index contributed by atoms with van der Waals surface area (Å²) in [4.78, 5) is 12.2. The van der Waals surface area contributed by atoms with Crippen molar-refractivity contribution in [2.24, 2.45) is 5.10 Å². The van der Waals surface area contributed by atoms with E-state index in [1.807, 2.05) is 36.4 Å². The number of hydrogen-bond acceptors (Lipinski definition) is 4. The minimum atomic E-state index is -0.461. The highest BCUT2D eigenvalue weighted by Crippen LogP contribution is 2.16. The van der Waals surface area contributed by atoms with Gasteiger partial charge >= 0.3 is 5.97 Å². The zero-order chi connectivity index (χ0) is 19.8. The monoisotopic (exact) mass is 409 g/mol. The zero-order valence-electron chi connectivity index (χ0n) is 14.6. The average Bonchev–Trinajstić information content (AvgIpc) is 2.69. The van der Waals surface area contributed by atoms with E-state index in [1.165, 1.54) is 0 Å². The maximum atomic E-state index is 12.2. The second kappa shape index (κ2) is 9.64. The molecule has 28 heavy (non-hydrogen) atoms. The number of thiocarbonyl (C=S) groups is 1. The molecule has 0 amide bonds. The van der Waals surface area contributed by atoms with Gasteiger partial charge in [0, 0.05) is 10.7 Å². The van der Waals surface area contributed by atoms with E-state index in [0.717, 1.165) is 11.3 Å². The van der Waals surface area contributed by atoms with Crippen molar-refractivity contribution in [3.63, 3.8) is 0 Å². The Morgan fingerprint density at radius 3 is 2.50 bits per heavy atom. The number of hydrazone groups is 1. The summed E-state index contributed by atoms with van der Waals surface area (Å²) in [5.74, 6) is -0.0500. The van der Waals surface area contributed by atoms with E-state index in [0.29, 0.717) is 21.4 Å². The lowest BCUT2D eigenvalue weighted by Crippen LogP contribution is -2.23. The van der Waals surface area contributed by atoms with Crippen molar-refractivity contribution in [3.8, 4) is 5.75 Å². The molecule has 2 N–H and O–H groups in total. The summed E-state index contributed by atoms with van der Waals surface area (Å²) in [6.45, 7) is 0. The first-order valence-electron chi connectivity index (χ1n) is 8.33. The van der Waals surface area contributed by atoms with Crippen molar-refractivity contribution in [2.45, 2.75) is 0 Å². The van der Waals surface area contributed by atoms with E-state index in [4.69, 9.17) is 28.6 Å². The maximum Gasteiger partial charge on any atom is 0.343 e. The molecule has 0 aliphatic rings. The van der Waals surface area contributed by atoms with Crippen LogP contribution in [0.1, 0.15) is 15.9 Å². The third kappa shape index (κ3) is 5.90. The highest BCUT2D eigenvalue weighted by Gasteiger charge is 2.08. The second-order valence-corrected chi connectivity index (χ2v) is 6.50. The molecule has 5 nitrogen and oxygen atoms in total. The molecule has 0 radical (unpaired) electrons. The number of nitrogens with one attached hydrogen (secondary N) is 2. The molecule has 0 aromatic heterocycles. The number of halogens is 1. The number of ether oxygens (including phenoxy) is 1. The molecule has 0 bridgehead atoms. The van der Waals surface area contributed by atoms with E-state index in [-0.39, 0.29) is 0 Å². The standard InChI is InChI=1S/C21H16ClN3O2S/c22-17-11-9-16(10-12-17)20(26)27-19-8-4-5-15(13-19)14-23-25-21(28)24-18-6-2-1-3-7-18/h1-14H,(H2,24,25,28). The van der Waals surface area contributed by atoms with Crippen LogP contribution in [0.4, 0.5) is 5.69 Å². The summed E-state index contributed by atoms with van der Waals surface area (Å²) in [6.07, 6.45) is 1.58. The van der Waals surface area contributed by atoms with Gasteiger partial charge in [-0.3, -0.25) is 5.43 Å². The number of rotatable bonds is 5. The number of carbonyl (C=O) groups excluding carboxylic acids is 1. The lowest BCUT2D eigenvalue weighted by atomic mass is 10.2. The van der Waals surface area contributed by atoms with E-state index in [2.05, 4.69) is 15.8 Å². The van der Waals surface area contributed by atoms with Crippen molar-refractivity contribution in [3.05, 3.63) is 95.0 Å². The molecule has 7 heteroatoms. The fraction of sp³-hybridized carbons (Fsp3) is 0. The van der Waals surface area contributed by atoms with Crippen LogP contribution >= 0.6 is 23.8 Å². The summed E-state index contributed by atoms with van der Waals surface area (Å²) in [5.41, 5.74) is 4.77. The van der Waals surface area contributed by atoms with Crippen LogP contribution in [0, 0.1) is 0 Å². The largest absolute Gasteiger partial charge is 0.423 e. The lowest BCUT2D eigenvalue weighted by molar-refractivity contribution is 0.0735. The molecular formula is C21H16ClN3O2S. The topological polar surface area (TPSA) is 62.7 Å². The normalized spacial score (nSPS) is 10.5. The van der Waals surface area contributed by atoms with E-state index >= 15 is 0 Å². The Balaban J connectivity index is 1.56. The molecule has 0 aliphatic carbocycles. The minimum Gasteiger partial charge on any atom is -0.423 e. The molecule has 0 unspecified atom stereocenters. The van der Waals surface area contributed by atoms with E-state index in [1.54, 1.807) is 48.7 Å². The number of benzene rings is 3. The highest BCUT2D eigenvalue weighted by molar-refractivity contribution is 7.80. The van der Waals surface area contributed by atoms with Gasteiger partial charge in [0.05, 0.1) is 11.8 Å². The van der Waals surface area contributed by atoms with Gasteiger partial charge in [0.1, 0.15) is 5.75 Å². The van der Waals surface area contributed by atoms with Gasteiger partial charge in [-0.25, -0.2) is 4.79 Å². The van der Waals surface area contributed by atoms with Crippen molar-refractivity contribution >= 4 is 46.8 Å². The smallest absolute Gasteiger partial charge is 0.343 e. The van der Waals surface area contributed by atoms with Crippen LogP contribution in [0.3, 0.4) is 0 Å². The quantitative estimate of drug-likeness (QED) is 0.207. The predicted molar refractivity (Wildman–Crippen MR) is 116 cm³/mol.